The molecule has 0 amide bonds. The zero-order valence-electron chi connectivity index (χ0n) is 64.4. The van der Waals surface area contributed by atoms with Gasteiger partial charge in [0.15, 0.2) is 12.2 Å². The lowest BCUT2D eigenvalue weighted by atomic mass is 9.99. The molecule has 0 aromatic carbocycles. The maximum Gasteiger partial charge on any atom is 0.472 e. The third-order valence-electron chi connectivity index (χ3n) is 18.4. The Labute approximate surface area is 605 Å². The van der Waals surface area contributed by atoms with Crippen LogP contribution in [-0.4, -0.2) is 96.7 Å². The molecule has 0 aliphatic heterocycles. The number of allylic oxidation sites excluding steroid dienone is 4. The summed E-state index contributed by atoms with van der Waals surface area (Å²) in [5.41, 5.74) is 0. The molecular weight excluding hydrogens is 1290 g/mol. The van der Waals surface area contributed by atoms with Gasteiger partial charge in [0.05, 0.1) is 26.4 Å². The summed E-state index contributed by atoms with van der Waals surface area (Å²) >= 11 is 0. The zero-order chi connectivity index (χ0) is 73.0. The van der Waals surface area contributed by atoms with Crippen LogP contribution in [0, 0.1) is 17.8 Å². The number of hydrogen-bond acceptors (Lipinski definition) is 15. The molecule has 0 heterocycles. The van der Waals surface area contributed by atoms with Gasteiger partial charge >= 0.3 is 39.5 Å². The van der Waals surface area contributed by atoms with Crippen molar-refractivity contribution in [3.8, 4) is 0 Å². The molecule has 0 rings (SSSR count). The molecule has 0 aromatic rings. The van der Waals surface area contributed by atoms with Crippen LogP contribution < -0.4 is 0 Å². The van der Waals surface area contributed by atoms with Crippen LogP contribution in [-0.2, 0) is 65.4 Å². The standard InChI is InChI=1S/C80H152O17P2/c1-8-10-11-12-13-14-15-16-17-25-30-35-40-49-56-63-79(84)96-75(67-90-77(82)61-54-47-39-34-29-24-21-19-23-28-33-38-46-53-60-73(7)9-2)69-94-98(86,87)92-65-74(81)66-93-99(88,89)95-70-76(68-91-78(83)62-55-48-43-42-45-52-59-72(5)6)97-80(85)64-57-50-41-36-31-26-20-18-22-27-32-37-44-51-58-71(3)4/h14-17,71-76,81H,8-13,18-70H2,1-7H3,(H,86,87)(H,88,89)/b15-14-,17-16-/t73?,74-,75-,76-/m1/s1. The normalized spacial score (nSPS) is 14.4. The number of esters is 4. The van der Waals surface area contributed by atoms with Gasteiger partial charge in [0.25, 0.3) is 0 Å². The zero-order valence-corrected chi connectivity index (χ0v) is 66.2. The first kappa shape index (κ1) is 96.5. The van der Waals surface area contributed by atoms with Crippen LogP contribution in [0.3, 0.4) is 0 Å². The summed E-state index contributed by atoms with van der Waals surface area (Å²) < 4.78 is 68.6. The van der Waals surface area contributed by atoms with Crippen molar-refractivity contribution in [2.75, 3.05) is 39.6 Å². The Morgan fingerprint density at radius 3 is 0.899 bits per heavy atom. The summed E-state index contributed by atoms with van der Waals surface area (Å²) in [4.78, 5) is 72.9. The molecule has 6 atom stereocenters. The molecule has 0 fully saturated rings. The summed E-state index contributed by atoms with van der Waals surface area (Å²) in [6.07, 6.45) is 60.5. The molecule has 584 valence electrons. The first-order chi connectivity index (χ1) is 47.8. The van der Waals surface area contributed by atoms with Crippen molar-refractivity contribution >= 4 is 39.5 Å². The van der Waals surface area contributed by atoms with Crippen molar-refractivity contribution in [1.29, 1.82) is 0 Å². The van der Waals surface area contributed by atoms with Crippen LogP contribution in [0.4, 0.5) is 0 Å². The highest BCUT2D eigenvalue weighted by molar-refractivity contribution is 7.47. The first-order valence-corrected chi connectivity index (χ1v) is 43.7. The predicted molar refractivity (Wildman–Crippen MR) is 404 cm³/mol. The van der Waals surface area contributed by atoms with Crippen LogP contribution in [0.15, 0.2) is 24.3 Å². The third kappa shape index (κ3) is 72.3. The van der Waals surface area contributed by atoms with E-state index in [1.807, 2.05) is 0 Å². The molecule has 0 saturated carbocycles. The van der Waals surface area contributed by atoms with E-state index in [1.54, 1.807) is 0 Å². The Kier molecular flexibility index (Phi) is 68.1. The second-order valence-electron chi connectivity index (χ2n) is 29.3. The Morgan fingerprint density at radius 1 is 0.333 bits per heavy atom. The molecule has 0 aromatic heterocycles. The fourth-order valence-electron chi connectivity index (χ4n) is 11.7. The fourth-order valence-corrected chi connectivity index (χ4v) is 13.3. The molecule has 17 nitrogen and oxygen atoms in total. The van der Waals surface area contributed by atoms with Gasteiger partial charge in [-0.25, -0.2) is 9.13 Å². The number of phosphoric ester groups is 2. The lowest BCUT2D eigenvalue weighted by molar-refractivity contribution is -0.161. The van der Waals surface area contributed by atoms with E-state index in [4.69, 9.17) is 37.0 Å². The van der Waals surface area contributed by atoms with Crippen molar-refractivity contribution in [2.45, 2.75) is 407 Å². The molecule has 0 saturated heterocycles. The summed E-state index contributed by atoms with van der Waals surface area (Å²) in [5.74, 6) is 0.174. The summed E-state index contributed by atoms with van der Waals surface area (Å²) in [7, 11) is -9.93. The summed E-state index contributed by atoms with van der Waals surface area (Å²) in [5, 5.41) is 10.6. The molecule has 3 N–H and O–H groups in total. The molecule has 0 spiro atoms. The lowest BCUT2D eigenvalue weighted by Gasteiger charge is -2.21. The number of ether oxygens (including phenoxy) is 4. The van der Waals surface area contributed by atoms with Crippen molar-refractivity contribution in [3.63, 3.8) is 0 Å². The van der Waals surface area contributed by atoms with Crippen LogP contribution in [0.5, 0.6) is 0 Å². The molecular formula is C80H152O17P2. The number of unbranched alkanes of at least 4 members (excludes halogenated alkanes) is 40. The maximum absolute atomic E-state index is 13.1. The van der Waals surface area contributed by atoms with Gasteiger partial charge < -0.3 is 33.8 Å². The van der Waals surface area contributed by atoms with Gasteiger partial charge in [0.2, 0.25) is 0 Å². The minimum absolute atomic E-state index is 0.0850. The second-order valence-corrected chi connectivity index (χ2v) is 32.2. The van der Waals surface area contributed by atoms with Crippen molar-refractivity contribution < 1.29 is 80.2 Å². The number of aliphatic hydroxyl groups is 1. The van der Waals surface area contributed by atoms with Crippen LogP contribution in [0.1, 0.15) is 389 Å². The molecule has 0 aliphatic carbocycles. The van der Waals surface area contributed by atoms with E-state index < -0.39 is 97.5 Å². The van der Waals surface area contributed by atoms with E-state index >= 15 is 0 Å². The lowest BCUT2D eigenvalue weighted by Crippen LogP contribution is -2.30. The van der Waals surface area contributed by atoms with Crippen molar-refractivity contribution in [3.05, 3.63) is 24.3 Å². The topological polar surface area (TPSA) is 237 Å². The minimum Gasteiger partial charge on any atom is -0.462 e. The molecule has 0 radical (unpaired) electrons. The van der Waals surface area contributed by atoms with Crippen molar-refractivity contribution in [2.24, 2.45) is 17.8 Å². The van der Waals surface area contributed by atoms with Gasteiger partial charge in [-0.15, -0.1) is 0 Å². The summed E-state index contributed by atoms with van der Waals surface area (Å²) in [6, 6.07) is 0. The molecule has 3 unspecified atom stereocenters. The van der Waals surface area contributed by atoms with E-state index in [0.717, 1.165) is 121 Å². The van der Waals surface area contributed by atoms with Crippen LogP contribution in [0.2, 0.25) is 0 Å². The van der Waals surface area contributed by atoms with Gasteiger partial charge in [-0.05, 0) is 69.1 Å². The maximum atomic E-state index is 13.1. The van der Waals surface area contributed by atoms with E-state index in [1.165, 1.54) is 180 Å². The number of rotatable bonds is 76. The van der Waals surface area contributed by atoms with Gasteiger partial charge in [0, 0.05) is 25.7 Å². The number of aliphatic hydroxyl groups excluding tert-OH is 1. The first-order valence-electron chi connectivity index (χ1n) is 40.7. The summed E-state index contributed by atoms with van der Waals surface area (Å²) in [6.45, 7) is 11.9. The van der Waals surface area contributed by atoms with E-state index in [2.05, 4.69) is 72.8 Å². The van der Waals surface area contributed by atoms with Gasteiger partial charge in [-0.1, -0.05) is 336 Å². The molecule has 0 aliphatic rings. The minimum atomic E-state index is -4.97. The van der Waals surface area contributed by atoms with Crippen LogP contribution >= 0.6 is 15.6 Å². The third-order valence-corrected chi connectivity index (χ3v) is 20.3. The van der Waals surface area contributed by atoms with Gasteiger partial charge in [0.1, 0.15) is 19.3 Å². The monoisotopic (exact) mass is 1450 g/mol. The molecule has 0 bridgehead atoms. The van der Waals surface area contributed by atoms with Crippen molar-refractivity contribution in [1.82, 2.24) is 0 Å². The highest BCUT2D eigenvalue weighted by Crippen LogP contribution is 2.45. The Hall–Kier alpha value is -2.46. The average Bonchev–Trinajstić information content (AvgIpc) is 1.07. The number of carbonyl (C=O) groups excluding carboxylic acids is 4. The van der Waals surface area contributed by atoms with E-state index in [-0.39, 0.29) is 25.7 Å². The number of hydrogen-bond donors (Lipinski definition) is 3. The Morgan fingerprint density at radius 2 is 0.596 bits per heavy atom. The Balaban J connectivity index is 5.26. The molecule has 99 heavy (non-hydrogen) atoms. The number of phosphoric acid groups is 2. The predicted octanol–water partition coefficient (Wildman–Crippen LogP) is 23.3. The molecule has 19 heteroatoms. The van der Waals surface area contributed by atoms with E-state index in [0.29, 0.717) is 31.6 Å². The second kappa shape index (κ2) is 69.9. The van der Waals surface area contributed by atoms with E-state index in [9.17, 15) is 43.2 Å². The highest BCUT2D eigenvalue weighted by atomic mass is 31.2. The number of carbonyl (C=O) groups is 4. The quantitative estimate of drug-likeness (QED) is 0.0169. The van der Waals surface area contributed by atoms with Gasteiger partial charge in [-0.3, -0.25) is 37.3 Å². The Bertz CT molecular complexity index is 2020. The fraction of sp³-hybridized carbons (Fsp3) is 0.900. The van der Waals surface area contributed by atoms with Gasteiger partial charge in [-0.2, -0.15) is 0 Å². The SMILES string of the molecule is CCCCCC/C=C\C=C/CCCCCCCC(=O)O[C@H](COC(=O)CCCCCCCCCCCCCCCCC(C)CC)COP(=O)(O)OC[C@@H](O)COP(=O)(O)OC[C@@H](COC(=O)CCCCCCCCC(C)C)OC(=O)CCCCCCCCCCCCCCCCC(C)C. The largest absolute Gasteiger partial charge is 0.472 e. The van der Waals surface area contributed by atoms with Crippen LogP contribution in [0.25, 0.3) is 0 Å². The highest BCUT2D eigenvalue weighted by Gasteiger charge is 2.30. The smallest absolute Gasteiger partial charge is 0.462 e. The average molecular weight is 1450 g/mol.